The summed E-state index contributed by atoms with van der Waals surface area (Å²) in [5, 5.41) is 1.80. The molecule has 0 amide bonds. The van der Waals surface area contributed by atoms with E-state index in [1.165, 1.54) is 6.07 Å². The number of fused-ring (bicyclic) bond motifs is 4. The Morgan fingerprint density at radius 1 is 1.00 bits per heavy atom. The van der Waals surface area contributed by atoms with E-state index in [1.807, 2.05) is 55.5 Å². The molecule has 3 heterocycles. The van der Waals surface area contributed by atoms with Gasteiger partial charge in [-0.3, -0.25) is 0 Å². The lowest BCUT2D eigenvalue weighted by Crippen LogP contribution is -2.30. The predicted molar refractivity (Wildman–Crippen MR) is 132 cm³/mol. The summed E-state index contributed by atoms with van der Waals surface area (Å²) in [6.07, 6.45) is 1.04. The third-order valence-corrected chi connectivity index (χ3v) is 6.74. The highest BCUT2D eigenvalue weighted by molar-refractivity contribution is 6.13. The zero-order valence-corrected chi connectivity index (χ0v) is 18.9. The van der Waals surface area contributed by atoms with E-state index in [0.717, 1.165) is 38.9 Å². The van der Waals surface area contributed by atoms with Crippen LogP contribution in [0.5, 0.6) is 0 Å². The van der Waals surface area contributed by atoms with Crippen molar-refractivity contribution in [3.8, 4) is 22.4 Å². The van der Waals surface area contributed by atoms with Crippen molar-refractivity contribution in [3.63, 3.8) is 0 Å². The minimum Gasteiger partial charge on any atom is -0.454 e. The number of aryl methyl sites for hydroxylation is 3. The summed E-state index contributed by atoms with van der Waals surface area (Å²) in [4.78, 5) is 2.04. The smallest absolute Gasteiger partial charge is 0.216 e. The topological polar surface area (TPSA) is 20.3 Å². The standard InChI is InChI=1S/C29H26FN2O/c1-18-9-12-21-22-13-14-23(30)27(20-11-10-19-7-6-16-32(3)25(19)17-20)29(22)33-28(21)26(18)24-8-4-5-15-31(24)2/h4-5,8-15,17H,6-7,16H2,1-3H3/q+1/i7D2. The molecule has 0 bridgehead atoms. The number of aromatic nitrogens is 1. The second-order valence-corrected chi connectivity index (χ2v) is 8.81. The molecule has 0 saturated carbocycles. The van der Waals surface area contributed by atoms with Crippen molar-refractivity contribution in [2.24, 2.45) is 7.05 Å². The number of hydrogen-bond acceptors (Lipinski definition) is 2. The van der Waals surface area contributed by atoms with Gasteiger partial charge in [0.15, 0.2) is 6.20 Å². The van der Waals surface area contributed by atoms with Gasteiger partial charge in [-0.2, -0.15) is 0 Å². The highest BCUT2D eigenvalue weighted by Gasteiger charge is 2.24. The van der Waals surface area contributed by atoms with Crippen LogP contribution in [0.3, 0.4) is 0 Å². The average molecular weight is 440 g/mol. The number of halogens is 1. The van der Waals surface area contributed by atoms with Crippen LogP contribution in [0.1, 0.15) is 20.3 Å². The maximum absolute atomic E-state index is 15.4. The lowest BCUT2D eigenvalue weighted by Gasteiger charge is -2.28. The molecule has 0 fully saturated rings. The Kier molecular flexibility index (Phi) is 4.03. The SMILES string of the molecule is [2H]C1([2H])CCN(C)c2cc(-c3c(F)ccc4c3oc3c(-c5cccc[n+]5C)c(C)ccc34)ccc21. The predicted octanol–water partition coefficient (Wildman–Crippen LogP) is 6.57. The summed E-state index contributed by atoms with van der Waals surface area (Å²) in [5.74, 6) is -0.360. The Hall–Kier alpha value is -3.66. The number of rotatable bonds is 2. The van der Waals surface area contributed by atoms with E-state index in [1.54, 1.807) is 12.1 Å². The van der Waals surface area contributed by atoms with E-state index in [2.05, 4.69) is 23.6 Å². The van der Waals surface area contributed by atoms with Crippen LogP contribution in [0.4, 0.5) is 10.1 Å². The number of pyridine rings is 1. The first-order valence-corrected chi connectivity index (χ1v) is 11.2. The lowest BCUT2D eigenvalue weighted by molar-refractivity contribution is -0.660. The van der Waals surface area contributed by atoms with Gasteiger partial charge >= 0.3 is 0 Å². The van der Waals surface area contributed by atoms with Crippen LogP contribution in [-0.2, 0) is 13.4 Å². The van der Waals surface area contributed by atoms with Crippen LogP contribution in [0, 0.1) is 12.7 Å². The molecule has 0 N–H and O–H groups in total. The molecule has 0 aliphatic carbocycles. The number of benzene rings is 3. The van der Waals surface area contributed by atoms with E-state index in [-0.39, 0.29) is 5.82 Å². The van der Waals surface area contributed by atoms with E-state index >= 15 is 4.39 Å². The summed E-state index contributed by atoms with van der Waals surface area (Å²) < 4.78 is 40.8. The number of hydrogen-bond donors (Lipinski definition) is 0. The minimum atomic E-state index is -1.40. The van der Waals surface area contributed by atoms with E-state index in [4.69, 9.17) is 7.16 Å². The molecule has 5 aromatic rings. The molecule has 1 aliphatic rings. The van der Waals surface area contributed by atoms with Crippen molar-refractivity contribution in [1.82, 2.24) is 0 Å². The van der Waals surface area contributed by atoms with Gasteiger partial charge in [-0.05, 0) is 60.7 Å². The normalized spacial score (nSPS) is 16.1. The largest absolute Gasteiger partial charge is 0.454 e. The summed E-state index contributed by atoms with van der Waals surface area (Å²) in [6, 6.07) is 18.9. The van der Waals surface area contributed by atoms with Crippen molar-refractivity contribution in [2.45, 2.75) is 19.7 Å². The molecule has 0 saturated heterocycles. The van der Waals surface area contributed by atoms with Gasteiger partial charge in [-0.15, -0.1) is 0 Å². The quantitative estimate of drug-likeness (QED) is 0.290. The molecule has 0 spiro atoms. The molecular formula is C29H26FN2O+. The van der Waals surface area contributed by atoms with Gasteiger partial charge in [0.1, 0.15) is 24.0 Å². The van der Waals surface area contributed by atoms with Gasteiger partial charge in [-0.25, -0.2) is 8.96 Å². The Bertz CT molecular complexity index is 1640. The molecule has 3 aromatic carbocycles. The van der Waals surface area contributed by atoms with Crippen molar-refractivity contribution < 1.29 is 16.1 Å². The molecule has 4 heteroatoms. The Balaban J connectivity index is 1.64. The second kappa shape index (κ2) is 7.45. The molecule has 3 nitrogen and oxygen atoms in total. The third-order valence-electron chi connectivity index (χ3n) is 6.74. The Morgan fingerprint density at radius 2 is 1.79 bits per heavy atom. The van der Waals surface area contributed by atoms with E-state index in [0.29, 0.717) is 35.2 Å². The number of nitrogens with zero attached hydrogens (tertiary/aromatic N) is 2. The Labute approximate surface area is 195 Å². The molecule has 2 aromatic heterocycles. The van der Waals surface area contributed by atoms with Gasteiger partial charge in [-0.1, -0.05) is 24.3 Å². The van der Waals surface area contributed by atoms with Gasteiger partial charge in [0.05, 0.1) is 11.1 Å². The van der Waals surface area contributed by atoms with Gasteiger partial charge in [0.2, 0.25) is 5.69 Å². The summed E-state index contributed by atoms with van der Waals surface area (Å²) in [5.41, 5.74) is 6.85. The molecule has 1 aliphatic heterocycles. The highest BCUT2D eigenvalue weighted by Crippen LogP contribution is 2.42. The minimum absolute atomic E-state index is 0.360. The molecular weight excluding hydrogens is 411 g/mol. The number of anilines is 1. The van der Waals surface area contributed by atoms with Crippen LogP contribution >= 0.6 is 0 Å². The summed E-state index contributed by atoms with van der Waals surface area (Å²) >= 11 is 0. The molecule has 0 atom stereocenters. The van der Waals surface area contributed by atoms with Crippen molar-refractivity contribution in [1.29, 1.82) is 0 Å². The van der Waals surface area contributed by atoms with Crippen LogP contribution in [0.25, 0.3) is 44.3 Å². The van der Waals surface area contributed by atoms with Crippen molar-refractivity contribution in [3.05, 3.63) is 83.8 Å². The zero-order chi connectivity index (χ0) is 24.5. The van der Waals surface area contributed by atoms with Crippen LogP contribution in [0.15, 0.2) is 71.3 Å². The lowest BCUT2D eigenvalue weighted by atomic mass is 9.95. The van der Waals surface area contributed by atoms with Crippen LogP contribution < -0.4 is 9.47 Å². The second-order valence-electron chi connectivity index (χ2n) is 8.81. The molecule has 6 rings (SSSR count). The third kappa shape index (κ3) is 3.05. The molecule has 164 valence electrons. The van der Waals surface area contributed by atoms with Gasteiger partial charge in [0.25, 0.3) is 0 Å². The molecule has 0 radical (unpaired) electrons. The monoisotopic (exact) mass is 439 g/mol. The maximum Gasteiger partial charge on any atom is 0.216 e. The molecule has 0 unspecified atom stereocenters. The number of furan rings is 1. The first-order valence-electron chi connectivity index (χ1n) is 12.2. The van der Waals surface area contributed by atoms with Crippen LogP contribution in [0.2, 0.25) is 0 Å². The van der Waals surface area contributed by atoms with E-state index in [9.17, 15) is 0 Å². The summed E-state index contributed by atoms with van der Waals surface area (Å²) in [6.45, 7) is 2.67. The Morgan fingerprint density at radius 3 is 2.61 bits per heavy atom. The van der Waals surface area contributed by atoms with Crippen molar-refractivity contribution >= 4 is 27.6 Å². The zero-order valence-electron chi connectivity index (χ0n) is 20.9. The first kappa shape index (κ1) is 17.8. The van der Waals surface area contributed by atoms with Gasteiger partial charge in [0, 0.05) is 44.9 Å². The first-order chi connectivity index (χ1) is 16.8. The fraction of sp³-hybridized carbons (Fsp3) is 0.207. The fourth-order valence-corrected chi connectivity index (χ4v) is 4.98. The summed E-state index contributed by atoms with van der Waals surface area (Å²) in [7, 11) is 3.95. The average Bonchev–Trinajstić information content (AvgIpc) is 3.20. The van der Waals surface area contributed by atoms with Crippen molar-refractivity contribution in [2.75, 3.05) is 18.5 Å². The molecule has 33 heavy (non-hydrogen) atoms. The maximum atomic E-state index is 15.4. The highest BCUT2D eigenvalue weighted by atomic mass is 19.1. The van der Waals surface area contributed by atoms with Gasteiger partial charge < -0.3 is 9.32 Å². The fourth-order valence-electron chi connectivity index (χ4n) is 4.98. The van der Waals surface area contributed by atoms with Crippen LogP contribution in [-0.4, -0.2) is 13.6 Å². The van der Waals surface area contributed by atoms with E-state index < -0.39 is 6.37 Å².